The molecule has 0 bridgehead atoms. The third-order valence-electron chi connectivity index (χ3n) is 6.35. The summed E-state index contributed by atoms with van der Waals surface area (Å²) in [5, 5.41) is 5.59. The lowest BCUT2D eigenvalue weighted by Crippen LogP contribution is -2.36. The van der Waals surface area contributed by atoms with E-state index in [1.165, 1.54) is 11.8 Å². The Bertz CT molecular complexity index is 1480. The van der Waals surface area contributed by atoms with E-state index in [2.05, 4.69) is 6.92 Å². The summed E-state index contributed by atoms with van der Waals surface area (Å²) in [6.45, 7) is 4.52. The molecule has 1 fully saturated rings. The van der Waals surface area contributed by atoms with Crippen LogP contribution in [0.1, 0.15) is 31.4 Å². The van der Waals surface area contributed by atoms with Gasteiger partial charge >= 0.3 is 0 Å². The van der Waals surface area contributed by atoms with Crippen LogP contribution in [0.2, 0.25) is 5.02 Å². The van der Waals surface area contributed by atoms with E-state index in [0.717, 1.165) is 40.2 Å². The van der Waals surface area contributed by atoms with Crippen LogP contribution in [0.4, 0.5) is 0 Å². The number of thiocarbonyl (C=S) groups is 1. The molecule has 0 saturated carbocycles. The fourth-order valence-corrected chi connectivity index (χ4v) is 5.65. The van der Waals surface area contributed by atoms with Crippen LogP contribution in [0.3, 0.4) is 0 Å². The molecule has 0 aliphatic carbocycles. The third kappa shape index (κ3) is 5.70. The minimum Gasteiger partial charge on any atom is -0.489 e. The Hall–Kier alpha value is -3.39. The predicted octanol–water partition coefficient (Wildman–Crippen LogP) is 7.77. The number of carbonyl (C=O) groups excluding carboxylic acids is 1. The van der Waals surface area contributed by atoms with Crippen LogP contribution in [0.15, 0.2) is 90.0 Å². The molecule has 0 spiro atoms. The molecule has 1 aromatic heterocycles. The van der Waals surface area contributed by atoms with Gasteiger partial charge < -0.3 is 4.74 Å². The lowest BCUT2D eigenvalue weighted by molar-refractivity contribution is -0.123. The van der Waals surface area contributed by atoms with Crippen molar-refractivity contribution in [3.05, 3.63) is 106 Å². The van der Waals surface area contributed by atoms with Crippen LogP contribution in [0.25, 0.3) is 23.0 Å². The molecule has 1 atom stereocenters. The summed E-state index contributed by atoms with van der Waals surface area (Å²) in [6.07, 6.45) is 4.68. The summed E-state index contributed by atoms with van der Waals surface area (Å²) in [4.78, 5) is 15.5. The topological polar surface area (TPSA) is 47.4 Å². The maximum atomic E-state index is 13.2. The van der Waals surface area contributed by atoms with E-state index in [4.69, 9.17) is 33.7 Å². The van der Waals surface area contributed by atoms with E-state index >= 15 is 0 Å². The third-order valence-corrected chi connectivity index (χ3v) is 7.93. The van der Waals surface area contributed by atoms with Crippen LogP contribution >= 0.6 is 35.6 Å². The highest BCUT2D eigenvalue weighted by molar-refractivity contribution is 8.26. The average molecular weight is 560 g/mol. The summed E-state index contributed by atoms with van der Waals surface area (Å²) in [5.74, 6) is 0.695. The molecule has 5 rings (SSSR count). The number of benzene rings is 3. The molecule has 1 saturated heterocycles. The largest absolute Gasteiger partial charge is 0.489 e. The molecule has 8 heteroatoms. The van der Waals surface area contributed by atoms with Gasteiger partial charge in [-0.3, -0.25) is 9.69 Å². The highest BCUT2D eigenvalue weighted by Crippen LogP contribution is 2.36. The number of aromatic nitrogens is 2. The molecule has 2 heterocycles. The Kier molecular flexibility index (Phi) is 7.98. The Morgan fingerprint density at radius 1 is 1.05 bits per heavy atom. The van der Waals surface area contributed by atoms with Gasteiger partial charge in [0.05, 0.1) is 16.3 Å². The normalized spacial score (nSPS) is 15.3. The van der Waals surface area contributed by atoms with Crippen molar-refractivity contribution >= 4 is 51.9 Å². The lowest BCUT2D eigenvalue weighted by Gasteiger charge is -2.21. The number of hydrogen-bond acceptors (Lipinski definition) is 5. The van der Waals surface area contributed by atoms with Crippen molar-refractivity contribution in [2.75, 3.05) is 0 Å². The van der Waals surface area contributed by atoms with Gasteiger partial charge in [0.25, 0.3) is 5.91 Å². The molecule has 38 heavy (non-hydrogen) atoms. The molecular weight excluding hydrogens is 534 g/mol. The van der Waals surface area contributed by atoms with Gasteiger partial charge in [-0.15, -0.1) is 0 Å². The molecule has 5 nitrogen and oxygen atoms in total. The van der Waals surface area contributed by atoms with Crippen LogP contribution < -0.4 is 4.74 Å². The van der Waals surface area contributed by atoms with E-state index in [1.807, 2.05) is 103 Å². The first-order chi connectivity index (χ1) is 18.4. The zero-order valence-electron chi connectivity index (χ0n) is 21.0. The molecule has 1 aliphatic rings. The number of carbonyl (C=O) groups is 1. The summed E-state index contributed by atoms with van der Waals surface area (Å²) in [5.41, 5.74) is 4.50. The Balaban J connectivity index is 1.45. The summed E-state index contributed by atoms with van der Waals surface area (Å²) in [6, 6.07) is 25.4. The average Bonchev–Trinajstić information content (AvgIpc) is 3.49. The van der Waals surface area contributed by atoms with E-state index in [0.29, 0.717) is 20.9 Å². The van der Waals surface area contributed by atoms with Crippen molar-refractivity contribution in [2.24, 2.45) is 0 Å². The van der Waals surface area contributed by atoms with Crippen molar-refractivity contribution in [3.63, 3.8) is 0 Å². The van der Waals surface area contributed by atoms with E-state index in [-0.39, 0.29) is 11.9 Å². The standard InChI is InChI=1S/C30H26ClN3O2S2/c1-3-20(2)34-29(35)27(38-30(34)37)17-23-18-33(25-7-5-4-6-8-25)32-28(23)22-11-15-26(16-12-22)36-19-21-9-13-24(31)14-10-21/h4-18,20H,3,19H2,1-2H3. The number of thioether (sulfide) groups is 1. The summed E-state index contributed by atoms with van der Waals surface area (Å²) in [7, 11) is 0. The molecule has 1 amide bonds. The number of rotatable bonds is 8. The molecule has 192 valence electrons. The highest BCUT2D eigenvalue weighted by Gasteiger charge is 2.35. The van der Waals surface area contributed by atoms with Gasteiger partial charge in [0.15, 0.2) is 0 Å². The summed E-state index contributed by atoms with van der Waals surface area (Å²) >= 11 is 12.8. The zero-order chi connectivity index (χ0) is 26.6. The number of halogens is 1. The molecule has 1 aliphatic heterocycles. The fraction of sp³-hybridized carbons (Fsp3) is 0.167. The number of amides is 1. The molecule has 1 unspecified atom stereocenters. The molecule has 3 aromatic carbocycles. The van der Waals surface area contributed by atoms with E-state index < -0.39 is 0 Å². The van der Waals surface area contributed by atoms with Gasteiger partial charge in [-0.1, -0.05) is 72.8 Å². The highest BCUT2D eigenvalue weighted by atomic mass is 35.5. The number of hydrogen-bond donors (Lipinski definition) is 0. The second-order valence-corrected chi connectivity index (χ2v) is 11.1. The van der Waals surface area contributed by atoms with Gasteiger partial charge in [0.1, 0.15) is 16.7 Å². The van der Waals surface area contributed by atoms with Crippen LogP contribution in [0.5, 0.6) is 5.75 Å². The van der Waals surface area contributed by atoms with Gasteiger partial charge in [-0.2, -0.15) is 5.10 Å². The maximum Gasteiger partial charge on any atom is 0.266 e. The Labute approximate surface area is 237 Å². The van der Waals surface area contributed by atoms with Crippen molar-refractivity contribution < 1.29 is 9.53 Å². The maximum absolute atomic E-state index is 13.2. The molecular formula is C30H26ClN3O2S2. The second kappa shape index (κ2) is 11.6. The minimum absolute atomic E-state index is 0.0559. The molecule has 4 aromatic rings. The van der Waals surface area contributed by atoms with Gasteiger partial charge in [-0.25, -0.2) is 4.68 Å². The van der Waals surface area contributed by atoms with Crippen molar-refractivity contribution in [1.82, 2.24) is 14.7 Å². The predicted molar refractivity (Wildman–Crippen MR) is 160 cm³/mol. The van der Waals surface area contributed by atoms with Crippen LogP contribution in [-0.4, -0.2) is 30.9 Å². The first-order valence-corrected chi connectivity index (χ1v) is 13.9. The van der Waals surface area contributed by atoms with E-state index in [1.54, 1.807) is 4.90 Å². The van der Waals surface area contributed by atoms with Gasteiger partial charge in [0, 0.05) is 28.4 Å². The number of nitrogens with zero attached hydrogens (tertiary/aromatic N) is 3. The molecule has 0 radical (unpaired) electrons. The van der Waals surface area contributed by atoms with Crippen molar-refractivity contribution in [3.8, 4) is 22.7 Å². The quantitative estimate of drug-likeness (QED) is 0.163. The first kappa shape index (κ1) is 26.2. The lowest BCUT2D eigenvalue weighted by atomic mass is 10.1. The number of para-hydroxylation sites is 1. The van der Waals surface area contributed by atoms with Crippen LogP contribution in [0, 0.1) is 0 Å². The first-order valence-electron chi connectivity index (χ1n) is 12.3. The van der Waals surface area contributed by atoms with Crippen molar-refractivity contribution in [2.45, 2.75) is 32.9 Å². The number of ether oxygens (including phenoxy) is 1. The smallest absolute Gasteiger partial charge is 0.266 e. The fourth-order valence-electron chi connectivity index (χ4n) is 4.07. The van der Waals surface area contributed by atoms with Crippen molar-refractivity contribution in [1.29, 1.82) is 0 Å². The van der Waals surface area contributed by atoms with Gasteiger partial charge in [-0.05, 0) is 73.5 Å². The zero-order valence-corrected chi connectivity index (χ0v) is 23.4. The monoisotopic (exact) mass is 559 g/mol. The SMILES string of the molecule is CCC(C)N1C(=O)C(=Cc2cn(-c3ccccc3)nc2-c2ccc(OCc3ccc(Cl)cc3)cc2)SC1=S. The second-order valence-electron chi connectivity index (χ2n) is 8.96. The van der Waals surface area contributed by atoms with E-state index in [9.17, 15) is 4.79 Å². The summed E-state index contributed by atoms with van der Waals surface area (Å²) < 4.78 is 8.38. The van der Waals surface area contributed by atoms with Gasteiger partial charge in [0.2, 0.25) is 0 Å². The van der Waals surface area contributed by atoms with Crippen LogP contribution in [-0.2, 0) is 11.4 Å². The Morgan fingerprint density at radius 3 is 2.45 bits per heavy atom. The molecule has 0 N–H and O–H groups in total. The Morgan fingerprint density at radius 2 is 1.76 bits per heavy atom. The minimum atomic E-state index is -0.0568.